The Bertz CT molecular complexity index is 918. The van der Waals surface area contributed by atoms with Crippen LogP contribution in [0.3, 0.4) is 0 Å². The maximum absolute atomic E-state index is 13.9. The summed E-state index contributed by atoms with van der Waals surface area (Å²) < 4.78 is 15.0. The van der Waals surface area contributed by atoms with E-state index in [9.17, 15) is 14.0 Å². The molecule has 0 unspecified atom stereocenters. The molecule has 1 amide bonds. The number of aromatic amines is 1. The number of carbonyl (C=O) groups excluding carboxylic acids is 1. The molecule has 7 heteroatoms. The van der Waals surface area contributed by atoms with E-state index < -0.39 is 11.4 Å². The Balaban J connectivity index is 1.90. The highest BCUT2D eigenvalue weighted by atomic mass is 19.1. The van der Waals surface area contributed by atoms with Gasteiger partial charge >= 0.3 is 0 Å². The van der Waals surface area contributed by atoms with Crippen molar-refractivity contribution in [2.45, 2.75) is 13.0 Å². The normalized spacial score (nSPS) is 11.9. The maximum Gasteiger partial charge on any atom is 0.255 e. The second-order valence-corrected chi connectivity index (χ2v) is 5.28. The zero-order valence-corrected chi connectivity index (χ0v) is 12.9. The monoisotopic (exact) mass is 326 g/mol. The summed E-state index contributed by atoms with van der Waals surface area (Å²) in [5.41, 5.74) is 0.687. The standard InChI is InChI=1S/C17H15FN4O2/c1-11(14-8-9-19-21-14)20-17(24)12-6-7-16(23)22(10-12)15-5-3-2-4-13(15)18/h2-11H,1H3,(H,19,21)(H,20,24)/t11-/m1/s1. The molecular formula is C17H15FN4O2. The molecule has 1 aromatic carbocycles. The van der Waals surface area contributed by atoms with Gasteiger partial charge in [-0.1, -0.05) is 12.1 Å². The molecule has 0 fully saturated rings. The van der Waals surface area contributed by atoms with Gasteiger partial charge in [-0.2, -0.15) is 5.10 Å². The molecule has 2 heterocycles. The lowest BCUT2D eigenvalue weighted by atomic mass is 10.2. The van der Waals surface area contributed by atoms with E-state index in [2.05, 4.69) is 15.5 Å². The van der Waals surface area contributed by atoms with Gasteiger partial charge in [0.25, 0.3) is 11.5 Å². The number of nitrogens with zero attached hydrogens (tertiary/aromatic N) is 2. The average Bonchev–Trinajstić information content (AvgIpc) is 3.10. The lowest BCUT2D eigenvalue weighted by Gasteiger charge is -2.13. The second kappa shape index (κ2) is 6.49. The maximum atomic E-state index is 13.9. The molecule has 6 nitrogen and oxygen atoms in total. The first-order valence-corrected chi connectivity index (χ1v) is 7.34. The van der Waals surface area contributed by atoms with E-state index in [1.807, 2.05) is 0 Å². The molecule has 122 valence electrons. The molecule has 0 aliphatic carbocycles. The Labute approximate surface area is 137 Å². The number of hydrogen-bond acceptors (Lipinski definition) is 3. The van der Waals surface area contributed by atoms with Gasteiger partial charge in [0.05, 0.1) is 23.0 Å². The number of amides is 1. The fraction of sp³-hybridized carbons (Fsp3) is 0.118. The Hall–Kier alpha value is -3.22. The highest BCUT2D eigenvalue weighted by Crippen LogP contribution is 2.13. The van der Waals surface area contributed by atoms with E-state index in [4.69, 9.17) is 0 Å². The first kappa shape index (κ1) is 15.7. The van der Waals surface area contributed by atoms with Crippen LogP contribution in [0.2, 0.25) is 0 Å². The number of nitrogens with one attached hydrogen (secondary N) is 2. The fourth-order valence-electron chi connectivity index (χ4n) is 2.32. The Morgan fingerprint density at radius 1 is 1.25 bits per heavy atom. The zero-order chi connectivity index (χ0) is 17.1. The van der Waals surface area contributed by atoms with Gasteiger partial charge in [0.15, 0.2) is 0 Å². The summed E-state index contributed by atoms with van der Waals surface area (Å²) in [7, 11) is 0. The van der Waals surface area contributed by atoms with Gasteiger partial charge in [-0.05, 0) is 31.2 Å². The van der Waals surface area contributed by atoms with Crippen LogP contribution in [0, 0.1) is 5.82 Å². The number of halogens is 1. The van der Waals surface area contributed by atoms with Gasteiger partial charge in [0.2, 0.25) is 0 Å². The smallest absolute Gasteiger partial charge is 0.255 e. The average molecular weight is 326 g/mol. The van der Waals surface area contributed by atoms with Gasteiger partial charge in [0.1, 0.15) is 5.82 Å². The largest absolute Gasteiger partial charge is 0.344 e. The lowest BCUT2D eigenvalue weighted by Crippen LogP contribution is -2.28. The topological polar surface area (TPSA) is 79.8 Å². The van der Waals surface area contributed by atoms with Crippen molar-refractivity contribution in [1.29, 1.82) is 0 Å². The van der Waals surface area contributed by atoms with Gasteiger partial charge in [-0.3, -0.25) is 19.3 Å². The van der Waals surface area contributed by atoms with Crippen molar-refractivity contribution in [2.24, 2.45) is 0 Å². The summed E-state index contributed by atoms with van der Waals surface area (Å²) >= 11 is 0. The Kier molecular flexibility index (Phi) is 4.24. The molecule has 0 spiro atoms. The minimum atomic E-state index is -0.539. The van der Waals surface area contributed by atoms with Gasteiger partial charge in [-0.15, -0.1) is 0 Å². The number of carbonyl (C=O) groups is 1. The third-order valence-corrected chi connectivity index (χ3v) is 3.62. The highest BCUT2D eigenvalue weighted by molar-refractivity contribution is 5.94. The SMILES string of the molecule is C[C@@H](NC(=O)c1ccc(=O)n(-c2ccccc2F)c1)c1ccn[nH]1. The number of para-hydroxylation sites is 1. The summed E-state index contributed by atoms with van der Waals surface area (Å²) in [4.78, 5) is 24.4. The summed E-state index contributed by atoms with van der Waals surface area (Å²) in [6.07, 6.45) is 2.92. The van der Waals surface area contributed by atoms with Crippen LogP contribution in [0.1, 0.15) is 29.0 Å². The molecule has 3 rings (SSSR count). The van der Waals surface area contributed by atoms with Gasteiger partial charge in [-0.25, -0.2) is 4.39 Å². The molecule has 0 aliphatic rings. The summed E-state index contributed by atoms with van der Waals surface area (Å²) in [6.45, 7) is 1.80. The number of hydrogen-bond donors (Lipinski definition) is 2. The molecule has 2 N–H and O–H groups in total. The molecule has 0 bridgehead atoms. The summed E-state index contributed by atoms with van der Waals surface area (Å²) in [5, 5.41) is 9.41. The molecular weight excluding hydrogens is 311 g/mol. The van der Waals surface area contributed by atoms with Crippen LogP contribution in [0.15, 0.2) is 59.7 Å². The van der Waals surface area contributed by atoms with Crippen LogP contribution < -0.4 is 10.9 Å². The van der Waals surface area contributed by atoms with Crippen molar-refractivity contribution in [2.75, 3.05) is 0 Å². The van der Waals surface area contributed by atoms with E-state index in [1.165, 1.54) is 36.5 Å². The van der Waals surface area contributed by atoms with Crippen molar-refractivity contribution in [3.63, 3.8) is 0 Å². The molecule has 3 aromatic rings. The van der Waals surface area contributed by atoms with E-state index >= 15 is 0 Å². The van der Waals surface area contributed by atoms with Gasteiger partial charge < -0.3 is 5.32 Å². The van der Waals surface area contributed by atoms with Crippen LogP contribution in [-0.4, -0.2) is 20.7 Å². The summed E-state index contributed by atoms with van der Waals surface area (Å²) in [5.74, 6) is -0.912. The molecule has 0 saturated carbocycles. The molecule has 2 aromatic heterocycles. The third-order valence-electron chi connectivity index (χ3n) is 3.62. The lowest BCUT2D eigenvalue weighted by molar-refractivity contribution is 0.0938. The Morgan fingerprint density at radius 3 is 2.75 bits per heavy atom. The number of rotatable bonds is 4. The molecule has 24 heavy (non-hydrogen) atoms. The molecule has 0 radical (unpaired) electrons. The van der Waals surface area contributed by atoms with Crippen LogP contribution in [0.25, 0.3) is 5.69 Å². The van der Waals surface area contributed by atoms with Crippen LogP contribution >= 0.6 is 0 Å². The Morgan fingerprint density at radius 2 is 2.04 bits per heavy atom. The van der Waals surface area contributed by atoms with Gasteiger partial charge in [0, 0.05) is 18.5 Å². The predicted molar refractivity (Wildman–Crippen MR) is 86.5 cm³/mol. The number of pyridine rings is 1. The third kappa shape index (κ3) is 3.10. The van der Waals surface area contributed by atoms with E-state index in [0.29, 0.717) is 0 Å². The zero-order valence-electron chi connectivity index (χ0n) is 12.9. The molecule has 0 saturated heterocycles. The predicted octanol–water partition coefficient (Wildman–Crippen LogP) is 2.19. The first-order valence-electron chi connectivity index (χ1n) is 7.34. The van der Waals surface area contributed by atoms with Crippen LogP contribution in [0.4, 0.5) is 4.39 Å². The second-order valence-electron chi connectivity index (χ2n) is 5.28. The fourth-order valence-corrected chi connectivity index (χ4v) is 2.32. The molecule has 1 atom stereocenters. The first-order chi connectivity index (χ1) is 11.6. The minimum absolute atomic E-state index is 0.0961. The van der Waals surface area contributed by atoms with Crippen molar-refractivity contribution < 1.29 is 9.18 Å². The highest BCUT2D eigenvalue weighted by Gasteiger charge is 2.14. The number of benzene rings is 1. The van der Waals surface area contributed by atoms with Crippen molar-refractivity contribution in [1.82, 2.24) is 20.1 Å². The summed E-state index contributed by atoms with van der Waals surface area (Å²) in [6, 6.07) is 10.0. The van der Waals surface area contributed by atoms with Crippen LogP contribution in [-0.2, 0) is 0 Å². The van der Waals surface area contributed by atoms with Crippen molar-refractivity contribution in [3.05, 3.63) is 82.3 Å². The van der Waals surface area contributed by atoms with Crippen LogP contribution in [0.5, 0.6) is 0 Å². The quantitative estimate of drug-likeness (QED) is 0.771. The number of H-pyrrole nitrogens is 1. The molecule has 0 aliphatic heterocycles. The van der Waals surface area contributed by atoms with E-state index in [1.54, 1.807) is 25.3 Å². The van der Waals surface area contributed by atoms with E-state index in [0.717, 1.165) is 10.3 Å². The van der Waals surface area contributed by atoms with E-state index in [-0.39, 0.29) is 23.2 Å². The van der Waals surface area contributed by atoms with Crippen molar-refractivity contribution >= 4 is 5.91 Å². The minimum Gasteiger partial charge on any atom is -0.344 e. The van der Waals surface area contributed by atoms with Crippen molar-refractivity contribution in [3.8, 4) is 5.69 Å². The number of aromatic nitrogens is 3.